The number of amides is 1. The molecule has 0 unspecified atom stereocenters. The Balaban J connectivity index is 1.94. The van der Waals surface area contributed by atoms with Crippen LogP contribution in [0.4, 0.5) is 10.1 Å². The maximum Gasteiger partial charge on any atom is 0.338 e. The minimum atomic E-state index is -1.36. The molecule has 2 rings (SSSR count). The number of carboxylic acid groups (broad SMARTS) is 1. The third kappa shape index (κ3) is 3.37. The van der Waals surface area contributed by atoms with Gasteiger partial charge in [0.05, 0.1) is 18.3 Å². The number of carboxylic acids is 1. The highest BCUT2D eigenvalue weighted by atomic mass is 19.1. The second kappa shape index (κ2) is 5.91. The summed E-state index contributed by atoms with van der Waals surface area (Å²) in [5.74, 6) is -2.58. The van der Waals surface area contributed by atoms with Gasteiger partial charge in [0.1, 0.15) is 5.82 Å². The lowest BCUT2D eigenvalue weighted by atomic mass is 10.2. The van der Waals surface area contributed by atoms with Crippen molar-refractivity contribution < 1.29 is 19.1 Å². The fourth-order valence-electron chi connectivity index (χ4n) is 1.56. The number of rotatable bonds is 5. The molecule has 0 spiro atoms. The minimum Gasteiger partial charge on any atom is -0.478 e. The van der Waals surface area contributed by atoms with Gasteiger partial charge in [0.15, 0.2) is 0 Å². The van der Waals surface area contributed by atoms with Crippen LogP contribution in [-0.2, 0) is 11.3 Å². The van der Waals surface area contributed by atoms with E-state index in [1.807, 2.05) is 0 Å². The molecule has 1 aromatic heterocycles. The molecule has 0 saturated carbocycles. The Kier molecular flexibility index (Phi) is 4.04. The third-order valence-electron chi connectivity index (χ3n) is 2.52. The number of carbonyl (C=O) groups excluding carboxylic acids is 1. The van der Waals surface area contributed by atoms with E-state index >= 15 is 0 Å². The van der Waals surface area contributed by atoms with E-state index in [9.17, 15) is 14.0 Å². The van der Waals surface area contributed by atoms with Crippen molar-refractivity contribution in [1.29, 1.82) is 0 Å². The monoisotopic (exact) mass is 278 g/mol. The molecule has 2 N–H and O–H groups in total. The summed E-state index contributed by atoms with van der Waals surface area (Å²) in [6.45, 7) is 0.349. The van der Waals surface area contributed by atoms with Gasteiger partial charge in [-0.3, -0.25) is 9.48 Å². The number of benzene rings is 1. The third-order valence-corrected chi connectivity index (χ3v) is 2.52. The molecule has 0 radical (unpaired) electrons. The van der Waals surface area contributed by atoms with Gasteiger partial charge >= 0.3 is 5.97 Å². The number of nitrogens with one attached hydrogen (secondary N) is 1. The summed E-state index contributed by atoms with van der Waals surface area (Å²) in [6, 6.07) is 3.40. The van der Waals surface area contributed by atoms with E-state index < -0.39 is 17.3 Å². The molecule has 0 atom stereocenters. The first-order valence-corrected chi connectivity index (χ1v) is 5.73. The molecule has 1 amide bonds. The number of carbonyl (C=O) groups is 2. The molecule has 8 heteroatoms. The number of hydrogen-bond donors (Lipinski definition) is 2. The SMILES string of the molecule is O=C(CCn1ccnn1)Nc1ccc(C(=O)O)c(F)c1. The quantitative estimate of drug-likeness (QED) is 0.854. The average molecular weight is 278 g/mol. The summed E-state index contributed by atoms with van der Waals surface area (Å²) < 4.78 is 14.9. The van der Waals surface area contributed by atoms with Crippen molar-refractivity contribution in [2.45, 2.75) is 13.0 Å². The lowest BCUT2D eigenvalue weighted by Crippen LogP contribution is -2.15. The summed E-state index contributed by atoms with van der Waals surface area (Å²) in [7, 11) is 0. The number of aromatic carboxylic acids is 1. The van der Waals surface area contributed by atoms with Gasteiger partial charge < -0.3 is 10.4 Å². The molecule has 0 bridgehead atoms. The molecule has 0 fully saturated rings. The largest absolute Gasteiger partial charge is 0.478 e. The van der Waals surface area contributed by atoms with Crippen LogP contribution in [0.1, 0.15) is 16.8 Å². The van der Waals surface area contributed by atoms with Crippen LogP contribution < -0.4 is 5.32 Å². The first-order chi connectivity index (χ1) is 9.56. The van der Waals surface area contributed by atoms with Gasteiger partial charge in [-0.2, -0.15) is 0 Å². The highest BCUT2D eigenvalue weighted by Gasteiger charge is 2.11. The fourth-order valence-corrected chi connectivity index (χ4v) is 1.56. The van der Waals surface area contributed by atoms with Gasteiger partial charge in [0.25, 0.3) is 0 Å². The van der Waals surface area contributed by atoms with Crippen molar-refractivity contribution in [1.82, 2.24) is 15.0 Å². The first kappa shape index (κ1) is 13.7. The second-order valence-corrected chi connectivity index (χ2v) is 3.96. The molecule has 0 aliphatic carbocycles. The van der Waals surface area contributed by atoms with Gasteiger partial charge in [-0.1, -0.05) is 5.21 Å². The zero-order chi connectivity index (χ0) is 14.5. The number of aromatic nitrogens is 3. The highest BCUT2D eigenvalue weighted by molar-refractivity contribution is 5.92. The van der Waals surface area contributed by atoms with Crippen LogP contribution >= 0.6 is 0 Å². The van der Waals surface area contributed by atoms with Crippen LogP contribution in [0.2, 0.25) is 0 Å². The molecule has 7 nitrogen and oxygen atoms in total. The van der Waals surface area contributed by atoms with Gasteiger partial charge in [-0.15, -0.1) is 5.10 Å². The number of aryl methyl sites for hydroxylation is 1. The van der Waals surface area contributed by atoms with E-state index in [4.69, 9.17) is 5.11 Å². The van der Waals surface area contributed by atoms with Crippen molar-refractivity contribution in [3.63, 3.8) is 0 Å². The molecule has 1 aromatic carbocycles. The van der Waals surface area contributed by atoms with E-state index in [2.05, 4.69) is 15.6 Å². The van der Waals surface area contributed by atoms with Crippen LogP contribution in [0.25, 0.3) is 0 Å². The van der Waals surface area contributed by atoms with Gasteiger partial charge in [0, 0.05) is 18.3 Å². The van der Waals surface area contributed by atoms with Crippen LogP contribution in [0.5, 0.6) is 0 Å². The van der Waals surface area contributed by atoms with Gasteiger partial charge in [-0.25, -0.2) is 9.18 Å². The normalized spacial score (nSPS) is 10.2. The summed E-state index contributed by atoms with van der Waals surface area (Å²) in [5.41, 5.74) is -0.235. The Hall–Kier alpha value is -2.77. The maximum absolute atomic E-state index is 13.4. The van der Waals surface area contributed by atoms with Crippen molar-refractivity contribution in [2.24, 2.45) is 0 Å². The van der Waals surface area contributed by atoms with Crippen LogP contribution in [0.15, 0.2) is 30.6 Å². The molecular formula is C12H11FN4O3. The first-order valence-electron chi connectivity index (χ1n) is 5.73. The van der Waals surface area contributed by atoms with Crippen molar-refractivity contribution in [2.75, 3.05) is 5.32 Å². The Bertz CT molecular complexity index is 628. The van der Waals surface area contributed by atoms with E-state index in [1.54, 1.807) is 6.20 Å². The predicted octanol–water partition coefficient (Wildman–Crippen LogP) is 1.14. The van der Waals surface area contributed by atoms with E-state index in [0.29, 0.717) is 6.54 Å². The molecule has 104 valence electrons. The zero-order valence-electron chi connectivity index (χ0n) is 10.3. The molecular weight excluding hydrogens is 267 g/mol. The summed E-state index contributed by atoms with van der Waals surface area (Å²) in [6.07, 6.45) is 3.26. The lowest BCUT2D eigenvalue weighted by Gasteiger charge is -2.06. The molecule has 2 aromatic rings. The Morgan fingerprint density at radius 3 is 2.80 bits per heavy atom. The summed E-state index contributed by atoms with van der Waals surface area (Å²) in [4.78, 5) is 22.3. The molecule has 1 heterocycles. The summed E-state index contributed by atoms with van der Waals surface area (Å²) in [5, 5.41) is 18.5. The zero-order valence-corrected chi connectivity index (χ0v) is 10.3. The molecule has 20 heavy (non-hydrogen) atoms. The fraction of sp³-hybridized carbons (Fsp3) is 0.167. The smallest absolute Gasteiger partial charge is 0.338 e. The van der Waals surface area contributed by atoms with E-state index in [-0.39, 0.29) is 18.0 Å². The van der Waals surface area contributed by atoms with Crippen molar-refractivity contribution in [3.8, 4) is 0 Å². The topological polar surface area (TPSA) is 97.1 Å². The average Bonchev–Trinajstić information content (AvgIpc) is 2.89. The maximum atomic E-state index is 13.4. The lowest BCUT2D eigenvalue weighted by molar-refractivity contribution is -0.116. The molecule has 0 aliphatic rings. The van der Waals surface area contributed by atoms with E-state index in [0.717, 1.165) is 12.1 Å². The standard InChI is InChI=1S/C12H11FN4O3/c13-10-7-8(1-2-9(10)12(19)20)15-11(18)3-5-17-6-4-14-16-17/h1-2,4,6-7H,3,5H2,(H,15,18)(H,19,20). The Morgan fingerprint density at radius 1 is 1.40 bits per heavy atom. The van der Waals surface area contributed by atoms with Crippen LogP contribution in [0, 0.1) is 5.82 Å². The van der Waals surface area contributed by atoms with Crippen LogP contribution in [-0.4, -0.2) is 32.0 Å². The Morgan fingerprint density at radius 2 is 2.20 bits per heavy atom. The van der Waals surface area contributed by atoms with E-state index in [1.165, 1.54) is 16.9 Å². The van der Waals surface area contributed by atoms with Crippen LogP contribution in [0.3, 0.4) is 0 Å². The van der Waals surface area contributed by atoms with Crippen molar-refractivity contribution in [3.05, 3.63) is 42.0 Å². The Labute approximate surface area is 113 Å². The van der Waals surface area contributed by atoms with Crippen molar-refractivity contribution >= 4 is 17.6 Å². The minimum absolute atomic E-state index is 0.145. The van der Waals surface area contributed by atoms with Gasteiger partial charge in [0.2, 0.25) is 5.91 Å². The van der Waals surface area contributed by atoms with Gasteiger partial charge in [-0.05, 0) is 18.2 Å². The highest BCUT2D eigenvalue weighted by Crippen LogP contribution is 2.14. The number of nitrogens with zero attached hydrogens (tertiary/aromatic N) is 3. The second-order valence-electron chi connectivity index (χ2n) is 3.96. The number of hydrogen-bond acceptors (Lipinski definition) is 4. The predicted molar refractivity (Wildman–Crippen MR) is 66.6 cm³/mol. The molecule has 0 aliphatic heterocycles. The molecule has 0 saturated heterocycles. The number of halogens is 1. The number of anilines is 1. The summed E-state index contributed by atoms with van der Waals surface area (Å²) >= 11 is 0.